The third kappa shape index (κ3) is 5.81. The zero-order valence-corrected chi connectivity index (χ0v) is 21.4. The minimum atomic E-state index is -1.41. The molecule has 0 amide bonds. The van der Waals surface area contributed by atoms with Crippen LogP contribution in [0.15, 0.2) is 48.5 Å². The van der Waals surface area contributed by atoms with Gasteiger partial charge in [0.25, 0.3) is 0 Å². The summed E-state index contributed by atoms with van der Waals surface area (Å²) in [5.41, 5.74) is 0.972. The predicted molar refractivity (Wildman–Crippen MR) is 138 cm³/mol. The summed E-state index contributed by atoms with van der Waals surface area (Å²) in [4.78, 5) is 26.7. The van der Waals surface area contributed by atoms with Crippen LogP contribution >= 0.6 is 23.5 Å². The van der Waals surface area contributed by atoms with E-state index in [2.05, 4.69) is 9.80 Å². The van der Waals surface area contributed by atoms with Crippen LogP contribution in [0.1, 0.15) is 13.8 Å². The van der Waals surface area contributed by atoms with Crippen molar-refractivity contribution in [1.82, 2.24) is 0 Å². The summed E-state index contributed by atoms with van der Waals surface area (Å²) in [6.45, 7) is 4.97. The van der Waals surface area contributed by atoms with Crippen molar-refractivity contribution in [3.63, 3.8) is 0 Å². The maximum atomic E-state index is 11.3. The Morgan fingerprint density at radius 1 is 0.806 bits per heavy atom. The van der Waals surface area contributed by atoms with Crippen LogP contribution in [-0.4, -0.2) is 70.4 Å². The van der Waals surface area contributed by atoms with E-state index in [1.807, 2.05) is 62.4 Å². The Bertz CT molecular complexity index is 990. The number of anilines is 2. The molecule has 2 N–H and O–H groups in total. The Labute approximate surface area is 217 Å². The van der Waals surface area contributed by atoms with Gasteiger partial charge in [0.2, 0.25) is 11.1 Å². The fourth-order valence-electron chi connectivity index (χ4n) is 4.08. The Balaban J connectivity index is 1.57. The van der Waals surface area contributed by atoms with Crippen LogP contribution in [0.25, 0.3) is 0 Å². The molecule has 2 aliphatic rings. The normalized spacial score (nSPS) is 19.5. The summed E-state index contributed by atoms with van der Waals surface area (Å²) in [6, 6.07) is 15.3. The summed E-state index contributed by atoms with van der Waals surface area (Å²) < 4.78 is 22.3. The lowest BCUT2D eigenvalue weighted by molar-refractivity contribution is 0.0795. The first-order valence-electron chi connectivity index (χ1n) is 11.5. The van der Waals surface area contributed by atoms with E-state index in [-0.39, 0.29) is 13.2 Å². The largest absolute Gasteiger partial charge is 0.505 e. The first kappa shape index (κ1) is 26.0. The molecular weight excluding hydrogens is 508 g/mol. The first-order valence-corrected chi connectivity index (χ1v) is 13.4. The first-order chi connectivity index (χ1) is 17.4. The Morgan fingerprint density at radius 2 is 1.19 bits per heavy atom. The van der Waals surface area contributed by atoms with Gasteiger partial charge >= 0.3 is 12.3 Å². The van der Waals surface area contributed by atoms with Crippen LogP contribution in [0, 0.1) is 0 Å². The molecule has 4 atom stereocenters. The summed E-state index contributed by atoms with van der Waals surface area (Å²) in [6.07, 6.45) is -2.82. The zero-order valence-electron chi connectivity index (χ0n) is 19.8. The van der Waals surface area contributed by atoms with Gasteiger partial charge in [0.1, 0.15) is 24.7 Å². The van der Waals surface area contributed by atoms with E-state index in [1.165, 1.54) is 23.5 Å². The number of carbonyl (C=O) groups is 2. The number of hydrogen-bond acceptors (Lipinski definition) is 10. The Kier molecular flexibility index (Phi) is 8.47. The molecule has 2 aromatic carbocycles. The molecule has 2 aromatic rings. The number of rotatable bonds is 11. The van der Waals surface area contributed by atoms with Gasteiger partial charge in [-0.3, -0.25) is 0 Å². The molecule has 4 unspecified atom stereocenters. The van der Waals surface area contributed by atoms with Gasteiger partial charge in [0, 0.05) is 13.1 Å². The smallest absolute Gasteiger partial charge is 0.459 e. The molecule has 12 heteroatoms. The maximum absolute atomic E-state index is 11.3. The predicted octanol–water partition coefficient (Wildman–Crippen LogP) is 4.98. The summed E-state index contributed by atoms with van der Waals surface area (Å²) >= 11 is 2.73. The van der Waals surface area contributed by atoms with E-state index in [0.29, 0.717) is 13.1 Å². The van der Waals surface area contributed by atoms with Crippen molar-refractivity contribution in [3.05, 3.63) is 48.5 Å². The molecule has 2 heterocycles. The quantitative estimate of drug-likeness (QED) is 0.377. The van der Waals surface area contributed by atoms with E-state index in [4.69, 9.17) is 18.9 Å². The minimum absolute atomic E-state index is 0.180. The second-order valence-corrected chi connectivity index (χ2v) is 10.4. The number of nitrogens with zero attached hydrogens (tertiary/aromatic N) is 2. The van der Waals surface area contributed by atoms with E-state index in [9.17, 15) is 19.8 Å². The number of fused-ring (bicyclic) bond motifs is 2. The highest BCUT2D eigenvalue weighted by Gasteiger charge is 2.40. The lowest BCUT2D eigenvalue weighted by Crippen LogP contribution is -2.42. The fourth-order valence-corrected chi connectivity index (χ4v) is 7.00. The molecule has 0 saturated heterocycles. The van der Waals surface area contributed by atoms with Crippen molar-refractivity contribution in [1.29, 1.82) is 0 Å². The van der Waals surface area contributed by atoms with Crippen molar-refractivity contribution < 1.29 is 38.7 Å². The van der Waals surface area contributed by atoms with Gasteiger partial charge in [0.05, 0.1) is 21.9 Å². The fraction of sp³-hybridized carbons (Fsp3) is 0.417. The van der Waals surface area contributed by atoms with E-state index < -0.39 is 33.9 Å². The number of hydrogen-bond donors (Lipinski definition) is 2. The van der Waals surface area contributed by atoms with Crippen molar-refractivity contribution in [2.75, 3.05) is 36.1 Å². The number of benzene rings is 2. The maximum Gasteiger partial charge on any atom is 0.505 e. The minimum Gasteiger partial charge on any atom is -0.459 e. The summed E-state index contributed by atoms with van der Waals surface area (Å²) in [5, 5.41) is 17.4. The second kappa shape index (κ2) is 11.7. The lowest BCUT2D eigenvalue weighted by atomic mass is 10.3. The average Bonchev–Trinajstić information content (AvgIpc) is 3.40. The average molecular weight is 537 g/mol. The second-order valence-electron chi connectivity index (χ2n) is 7.86. The number of para-hydroxylation sites is 4. The van der Waals surface area contributed by atoms with Crippen molar-refractivity contribution in [2.45, 2.75) is 35.5 Å². The molecule has 0 spiro atoms. The van der Waals surface area contributed by atoms with Gasteiger partial charge in [-0.05, 0) is 38.1 Å². The molecule has 0 radical (unpaired) electrons. The van der Waals surface area contributed by atoms with Crippen molar-refractivity contribution in [2.24, 2.45) is 0 Å². The third-order valence-electron chi connectivity index (χ3n) is 5.73. The molecule has 2 aliphatic heterocycles. The Hall–Kier alpha value is -3.12. The Morgan fingerprint density at radius 3 is 1.56 bits per heavy atom. The zero-order chi connectivity index (χ0) is 25.7. The molecule has 36 heavy (non-hydrogen) atoms. The van der Waals surface area contributed by atoms with Crippen LogP contribution in [-0.2, 0) is 9.47 Å². The third-order valence-corrected chi connectivity index (χ3v) is 8.70. The van der Waals surface area contributed by atoms with Crippen LogP contribution in [0.4, 0.5) is 21.0 Å². The van der Waals surface area contributed by atoms with Crippen LogP contribution in [0.2, 0.25) is 0 Å². The highest BCUT2D eigenvalue weighted by atomic mass is 32.2. The molecule has 4 rings (SSSR count). The van der Waals surface area contributed by atoms with Gasteiger partial charge in [-0.1, -0.05) is 47.8 Å². The van der Waals surface area contributed by atoms with Gasteiger partial charge in [-0.2, -0.15) is 0 Å². The van der Waals surface area contributed by atoms with Crippen LogP contribution < -0.4 is 19.3 Å². The van der Waals surface area contributed by atoms with E-state index >= 15 is 0 Å². The number of carboxylic acid groups (broad SMARTS) is 2. The van der Waals surface area contributed by atoms with Crippen LogP contribution in [0.5, 0.6) is 11.5 Å². The van der Waals surface area contributed by atoms with Gasteiger partial charge in [-0.15, -0.1) is 0 Å². The highest BCUT2D eigenvalue weighted by Crippen LogP contribution is 2.45. The SMILES string of the molecule is CCN1c2ccccc2OC1SC(COC(=O)O)C(COC(=O)O)SC1Oc2ccccc2N1CC. The molecule has 0 bridgehead atoms. The van der Waals surface area contributed by atoms with Gasteiger partial charge in [0.15, 0.2) is 0 Å². The molecule has 10 nitrogen and oxygen atoms in total. The molecule has 0 fully saturated rings. The van der Waals surface area contributed by atoms with Gasteiger partial charge < -0.3 is 39.0 Å². The number of thioether (sulfide) groups is 2. The molecule has 0 aromatic heterocycles. The molecular formula is C24H28N2O8S2. The monoisotopic (exact) mass is 536 g/mol. The van der Waals surface area contributed by atoms with E-state index in [0.717, 1.165) is 22.9 Å². The molecule has 0 aliphatic carbocycles. The molecule has 194 valence electrons. The summed E-state index contributed by atoms with van der Waals surface area (Å²) in [5.74, 6) is 1.46. The van der Waals surface area contributed by atoms with Crippen molar-refractivity contribution >= 4 is 47.2 Å². The standard InChI is InChI=1S/C24H28N2O8S2/c1-3-25-15-9-5-7-11-17(15)33-21(25)35-19(13-31-23(27)28)20(14-32-24(29)30)36-22-26(4-2)16-10-6-8-12-18(16)34-22/h5-12,19-22H,3-4,13-14H2,1-2H3,(H,27,28)(H,29,30). The lowest BCUT2D eigenvalue weighted by Gasteiger charge is -2.33. The van der Waals surface area contributed by atoms with Crippen LogP contribution in [0.3, 0.4) is 0 Å². The molecule has 0 saturated carbocycles. The number of ether oxygens (including phenoxy) is 4. The topological polar surface area (TPSA) is 118 Å². The highest BCUT2D eigenvalue weighted by molar-refractivity contribution is 8.04. The van der Waals surface area contributed by atoms with E-state index in [1.54, 1.807) is 0 Å². The summed E-state index contributed by atoms with van der Waals surface area (Å²) in [7, 11) is 0. The van der Waals surface area contributed by atoms with Gasteiger partial charge in [-0.25, -0.2) is 9.59 Å². The van der Waals surface area contributed by atoms with Crippen molar-refractivity contribution in [3.8, 4) is 11.5 Å².